The first-order valence-electron chi connectivity index (χ1n) is 12.1. The third kappa shape index (κ3) is 3.65. The average Bonchev–Trinajstić information content (AvgIpc) is 3.48. The molecule has 0 bridgehead atoms. The van der Waals surface area contributed by atoms with E-state index in [1.54, 1.807) is 19.1 Å². The number of benzene rings is 1. The van der Waals surface area contributed by atoms with Crippen molar-refractivity contribution in [2.75, 3.05) is 19.1 Å². The molecule has 2 N–H and O–H groups in total. The van der Waals surface area contributed by atoms with Crippen LogP contribution in [0.5, 0.6) is 5.75 Å². The first-order chi connectivity index (χ1) is 18.5. The molecule has 14 heteroatoms. The molecular weight excluding hydrogens is 534 g/mol. The Morgan fingerprint density at radius 2 is 1.87 bits per heavy atom. The third-order valence-electron chi connectivity index (χ3n) is 8.08. The summed E-state index contributed by atoms with van der Waals surface area (Å²) >= 11 is 0.999. The fourth-order valence-electron chi connectivity index (χ4n) is 5.88. The molecule has 4 heterocycles. The molecule has 1 spiro atoms. The summed E-state index contributed by atoms with van der Waals surface area (Å²) in [6.07, 6.45) is 2.33. The van der Waals surface area contributed by atoms with Crippen LogP contribution in [0, 0.1) is 23.5 Å². The van der Waals surface area contributed by atoms with E-state index >= 15 is 0 Å². The third-order valence-corrected chi connectivity index (χ3v) is 9.04. The van der Waals surface area contributed by atoms with Crippen molar-refractivity contribution in [2.24, 2.45) is 11.8 Å². The highest BCUT2D eigenvalue weighted by atomic mass is 32.1. The molecule has 1 aliphatic carbocycles. The zero-order valence-electron chi connectivity index (χ0n) is 20.8. The fraction of sp³-hybridized carbons (Fsp3) is 0.360. The van der Waals surface area contributed by atoms with Gasteiger partial charge in [-0.05, 0) is 24.5 Å². The van der Waals surface area contributed by atoms with E-state index < -0.39 is 46.2 Å². The van der Waals surface area contributed by atoms with Crippen LogP contribution in [0.4, 0.5) is 8.78 Å². The summed E-state index contributed by atoms with van der Waals surface area (Å²) in [5.74, 6) is -4.60. The van der Waals surface area contributed by atoms with Gasteiger partial charge in [0.1, 0.15) is 22.3 Å². The lowest BCUT2D eigenvalue weighted by molar-refractivity contribution is -0.126. The van der Waals surface area contributed by atoms with Crippen molar-refractivity contribution in [3.63, 3.8) is 0 Å². The van der Waals surface area contributed by atoms with Crippen LogP contribution in [0.15, 0.2) is 29.2 Å². The first-order valence-corrected chi connectivity index (χ1v) is 13.0. The lowest BCUT2D eigenvalue weighted by atomic mass is 9.73. The Labute approximate surface area is 223 Å². The number of hydrogen-bond acceptors (Lipinski definition) is 9. The van der Waals surface area contributed by atoms with Crippen LogP contribution in [-0.2, 0) is 16.0 Å². The van der Waals surface area contributed by atoms with Crippen molar-refractivity contribution in [2.45, 2.75) is 31.3 Å². The van der Waals surface area contributed by atoms with Crippen LogP contribution >= 0.6 is 11.3 Å². The summed E-state index contributed by atoms with van der Waals surface area (Å²) in [5.41, 5.74) is -1.90. The summed E-state index contributed by atoms with van der Waals surface area (Å²) in [4.78, 5) is 52.7. The molecule has 1 aromatic carbocycles. The van der Waals surface area contributed by atoms with Gasteiger partial charge in [-0.25, -0.2) is 8.78 Å². The number of imide groups is 1. The topological polar surface area (TPSA) is 138 Å². The van der Waals surface area contributed by atoms with E-state index in [1.807, 2.05) is 0 Å². The minimum absolute atomic E-state index is 0.0116. The number of nitrogens with zero attached hydrogens (tertiary/aromatic N) is 5. The minimum Gasteiger partial charge on any atom is -0.502 e. The highest BCUT2D eigenvalue weighted by Crippen LogP contribution is 2.46. The second kappa shape index (κ2) is 8.66. The van der Waals surface area contributed by atoms with Crippen molar-refractivity contribution < 1.29 is 28.3 Å². The predicted molar refractivity (Wildman–Crippen MR) is 133 cm³/mol. The Morgan fingerprint density at radius 3 is 2.62 bits per heavy atom. The summed E-state index contributed by atoms with van der Waals surface area (Å²) in [7, 11) is 3.22. The summed E-state index contributed by atoms with van der Waals surface area (Å²) < 4.78 is 28.8. The number of nitrogens with one attached hydrogen (secondary N) is 1. The van der Waals surface area contributed by atoms with Gasteiger partial charge in [-0.2, -0.15) is 0 Å². The largest absolute Gasteiger partial charge is 0.502 e. The number of amides is 3. The molecule has 3 unspecified atom stereocenters. The molecule has 2 aliphatic heterocycles. The Bertz CT molecular complexity index is 1640. The highest BCUT2D eigenvalue weighted by Gasteiger charge is 2.57. The standard InChI is InChI=1S/C25H22F2N6O5S/c1-31-24(38)18-20(35)19(34)15(23-30-29-17(39-23)7-11-3-4-12(26)8-16(11)27)10-33(18)32(2)25(31)6-5-13-14(9-25)22(37)28-21(13)36/h3-4,8,10,13-14,35H,5-7,9H2,1-2H3,(H,28,36,37). The van der Waals surface area contributed by atoms with E-state index in [0.29, 0.717) is 17.8 Å². The van der Waals surface area contributed by atoms with Gasteiger partial charge >= 0.3 is 0 Å². The van der Waals surface area contributed by atoms with E-state index in [1.165, 1.54) is 21.8 Å². The summed E-state index contributed by atoms with van der Waals surface area (Å²) in [5, 5.41) is 23.5. The quantitative estimate of drug-likeness (QED) is 0.462. The van der Waals surface area contributed by atoms with Gasteiger partial charge in [0.25, 0.3) is 5.91 Å². The van der Waals surface area contributed by atoms with Crippen LogP contribution in [0.2, 0.25) is 0 Å². The van der Waals surface area contributed by atoms with Crippen LogP contribution in [0.25, 0.3) is 10.6 Å². The summed E-state index contributed by atoms with van der Waals surface area (Å²) in [6, 6.07) is 3.20. The van der Waals surface area contributed by atoms with Crippen molar-refractivity contribution in [3.8, 4) is 16.3 Å². The molecule has 39 heavy (non-hydrogen) atoms. The van der Waals surface area contributed by atoms with E-state index in [4.69, 9.17) is 0 Å². The zero-order valence-corrected chi connectivity index (χ0v) is 21.6. The molecule has 2 fully saturated rings. The zero-order chi connectivity index (χ0) is 27.8. The van der Waals surface area contributed by atoms with Gasteiger partial charge in [0.05, 0.1) is 17.4 Å². The smallest absolute Gasteiger partial charge is 0.278 e. The number of hydrogen-bond donors (Lipinski definition) is 2. The summed E-state index contributed by atoms with van der Waals surface area (Å²) in [6.45, 7) is 0. The molecule has 3 atom stereocenters. The minimum atomic E-state index is -1.00. The molecule has 11 nitrogen and oxygen atoms in total. The normalized spacial score (nSPS) is 24.3. The van der Waals surface area contributed by atoms with E-state index in [0.717, 1.165) is 23.5 Å². The molecule has 3 aromatic rings. The van der Waals surface area contributed by atoms with Crippen molar-refractivity contribution in [1.29, 1.82) is 0 Å². The Hall–Kier alpha value is -4.20. The monoisotopic (exact) mass is 556 g/mol. The van der Waals surface area contributed by atoms with E-state index in [2.05, 4.69) is 15.5 Å². The van der Waals surface area contributed by atoms with Crippen LogP contribution < -0.4 is 15.8 Å². The molecule has 3 amide bonds. The second-order valence-electron chi connectivity index (χ2n) is 10.0. The number of aromatic hydroxyl groups is 1. The predicted octanol–water partition coefficient (Wildman–Crippen LogP) is 1.36. The van der Waals surface area contributed by atoms with Gasteiger partial charge in [-0.3, -0.25) is 34.2 Å². The van der Waals surface area contributed by atoms with Crippen LogP contribution in [-0.4, -0.2) is 62.4 Å². The first kappa shape index (κ1) is 25.1. The molecule has 6 rings (SSSR count). The lowest BCUT2D eigenvalue weighted by Gasteiger charge is -2.56. The molecule has 202 valence electrons. The van der Waals surface area contributed by atoms with E-state index in [9.17, 15) is 33.1 Å². The highest BCUT2D eigenvalue weighted by molar-refractivity contribution is 7.14. The number of carbonyl (C=O) groups is 3. The molecule has 1 saturated heterocycles. The maximum absolute atomic E-state index is 14.1. The molecule has 1 saturated carbocycles. The van der Waals surface area contributed by atoms with Gasteiger partial charge in [0, 0.05) is 39.2 Å². The number of rotatable bonds is 3. The number of halogens is 2. The molecular formula is C25H22F2N6O5S. The average molecular weight is 557 g/mol. The number of fused-ring (bicyclic) bond motifs is 2. The number of carbonyl (C=O) groups excluding carboxylic acids is 3. The molecule has 0 radical (unpaired) electrons. The fourth-order valence-corrected chi connectivity index (χ4v) is 6.75. The van der Waals surface area contributed by atoms with Crippen molar-refractivity contribution in [3.05, 3.63) is 62.5 Å². The Kier molecular flexibility index (Phi) is 5.57. The number of pyridine rings is 1. The van der Waals surface area contributed by atoms with Gasteiger partial charge in [0.15, 0.2) is 16.5 Å². The SMILES string of the molecule is CN1C(=O)c2c(O)c(=O)c(-c3nnc(Cc4ccc(F)cc4F)s3)cn2N(C)C12CCC1C(=O)NC(=O)C1C2. The molecule has 3 aliphatic rings. The maximum atomic E-state index is 14.1. The van der Waals surface area contributed by atoms with Gasteiger partial charge < -0.3 is 10.0 Å². The lowest BCUT2D eigenvalue weighted by Crippen LogP contribution is -2.70. The molecule has 2 aromatic heterocycles. The van der Waals surface area contributed by atoms with Gasteiger partial charge in [-0.15, -0.1) is 10.2 Å². The van der Waals surface area contributed by atoms with Gasteiger partial charge in [0.2, 0.25) is 17.2 Å². The number of aromatic nitrogens is 3. The Morgan fingerprint density at radius 1 is 1.13 bits per heavy atom. The van der Waals surface area contributed by atoms with Gasteiger partial charge in [-0.1, -0.05) is 17.4 Å². The van der Waals surface area contributed by atoms with E-state index in [-0.39, 0.29) is 46.5 Å². The van der Waals surface area contributed by atoms with Crippen LogP contribution in [0.3, 0.4) is 0 Å². The van der Waals surface area contributed by atoms with Crippen molar-refractivity contribution >= 4 is 29.1 Å². The maximum Gasteiger partial charge on any atom is 0.278 e. The van der Waals surface area contributed by atoms with Crippen LogP contribution in [0.1, 0.15) is 40.3 Å². The van der Waals surface area contributed by atoms with Crippen molar-refractivity contribution in [1.82, 2.24) is 25.1 Å². The second-order valence-corrected chi connectivity index (χ2v) is 11.1. The Balaban J connectivity index is 1.39.